The van der Waals surface area contributed by atoms with Crippen molar-refractivity contribution in [3.63, 3.8) is 0 Å². The summed E-state index contributed by atoms with van der Waals surface area (Å²) in [7, 11) is 3.47. The molecule has 0 aromatic carbocycles. The molecule has 14 heavy (non-hydrogen) atoms. The van der Waals surface area contributed by atoms with Crippen LogP contribution in [-0.2, 0) is 14.1 Å². The molecule has 0 aliphatic carbocycles. The predicted molar refractivity (Wildman–Crippen MR) is 53.2 cm³/mol. The number of aromatic nitrogens is 4. The second-order valence-electron chi connectivity index (χ2n) is 3.43. The molecule has 5 nitrogen and oxygen atoms in total. The molecule has 0 saturated carbocycles. The van der Waals surface area contributed by atoms with E-state index in [9.17, 15) is 4.79 Å². The molecule has 0 fully saturated rings. The first kappa shape index (κ1) is 8.93. The summed E-state index contributed by atoms with van der Waals surface area (Å²) in [5.74, 6) is 0.707. The van der Waals surface area contributed by atoms with Gasteiger partial charge in [0.05, 0.1) is 5.69 Å². The third-order valence-corrected chi connectivity index (χ3v) is 2.46. The summed E-state index contributed by atoms with van der Waals surface area (Å²) in [4.78, 5) is 16.2. The SMILES string of the molecule is Cc1nn(C)c2c(=O)n(C)c(C)nc12. The van der Waals surface area contributed by atoms with Crippen molar-refractivity contribution in [1.82, 2.24) is 19.3 Å². The Balaban J connectivity index is 3.09. The molecule has 0 radical (unpaired) electrons. The van der Waals surface area contributed by atoms with Gasteiger partial charge in [-0.25, -0.2) is 4.98 Å². The molecule has 0 amide bonds. The number of hydrogen-bond donors (Lipinski definition) is 0. The molecule has 5 heteroatoms. The monoisotopic (exact) mass is 192 g/mol. The zero-order valence-electron chi connectivity index (χ0n) is 8.70. The van der Waals surface area contributed by atoms with Crippen molar-refractivity contribution in [1.29, 1.82) is 0 Å². The van der Waals surface area contributed by atoms with Crippen molar-refractivity contribution in [3.05, 3.63) is 21.9 Å². The zero-order valence-corrected chi connectivity index (χ0v) is 8.70. The molecule has 0 aliphatic rings. The van der Waals surface area contributed by atoms with Crippen LogP contribution in [0.15, 0.2) is 4.79 Å². The van der Waals surface area contributed by atoms with Crippen LogP contribution in [0.2, 0.25) is 0 Å². The van der Waals surface area contributed by atoms with Crippen molar-refractivity contribution < 1.29 is 0 Å². The van der Waals surface area contributed by atoms with Crippen LogP contribution in [0, 0.1) is 13.8 Å². The predicted octanol–water partition coefficient (Wildman–Crippen LogP) is 0.284. The number of aryl methyl sites for hydroxylation is 3. The highest BCUT2D eigenvalue weighted by molar-refractivity contribution is 5.76. The second kappa shape index (κ2) is 2.67. The van der Waals surface area contributed by atoms with Crippen molar-refractivity contribution >= 4 is 11.0 Å². The number of hydrogen-bond acceptors (Lipinski definition) is 3. The van der Waals surface area contributed by atoms with Gasteiger partial charge in [-0.2, -0.15) is 5.10 Å². The van der Waals surface area contributed by atoms with Gasteiger partial charge in [-0.05, 0) is 13.8 Å². The van der Waals surface area contributed by atoms with E-state index in [2.05, 4.69) is 10.1 Å². The molecule has 2 aromatic rings. The van der Waals surface area contributed by atoms with Gasteiger partial charge in [-0.1, -0.05) is 0 Å². The Labute approximate surface area is 81.0 Å². The molecule has 0 N–H and O–H groups in total. The lowest BCUT2D eigenvalue weighted by Crippen LogP contribution is -2.22. The van der Waals surface area contributed by atoms with Crippen molar-refractivity contribution in [2.24, 2.45) is 14.1 Å². The van der Waals surface area contributed by atoms with Gasteiger partial charge in [0.15, 0.2) is 5.52 Å². The second-order valence-corrected chi connectivity index (χ2v) is 3.43. The number of rotatable bonds is 0. The summed E-state index contributed by atoms with van der Waals surface area (Å²) in [6.07, 6.45) is 0. The van der Waals surface area contributed by atoms with Crippen LogP contribution in [0.1, 0.15) is 11.5 Å². The molecule has 0 bridgehead atoms. The lowest BCUT2D eigenvalue weighted by atomic mass is 10.3. The summed E-state index contributed by atoms with van der Waals surface area (Å²) in [6.45, 7) is 3.67. The molecular weight excluding hydrogens is 180 g/mol. The van der Waals surface area contributed by atoms with E-state index in [-0.39, 0.29) is 5.56 Å². The minimum Gasteiger partial charge on any atom is -0.298 e. The van der Waals surface area contributed by atoms with Gasteiger partial charge in [0.25, 0.3) is 5.56 Å². The maximum Gasteiger partial charge on any atom is 0.279 e. The van der Waals surface area contributed by atoms with Gasteiger partial charge in [0.2, 0.25) is 0 Å². The highest BCUT2D eigenvalue weighted by Gasteiger charge is 2.12. The molecule has 74 valence electrons. The van der Waals surface area contributed by atoms with Crippen molar-refractivity contribution in [3.8, 4) is 0 Å². The Kier molecular flexibility index (Phi) is 1.70. The Morgan fingerprint density at radius 1 is 1.21 bits per heavy atom. The van der Waals surface area contributed by atoms with Crippen LogP contribution < -0.4 is 5.56 Å². The molecule has 2 rings (SSSR count). The van der Waals surface area contributed by atoms with E-state index in [0.29, 0.717) is 16.9 Å². The Morgan fingerprint density at radius 3 is 2.50 bits per heavy atom. The van der Waals surface area contributed by atoms with E-state index < -0.39 is 0 Å². The third kappa shape index (κ3) is 0.982. The molecule has 0 spiro atoms. The molecule has 0 atom stereocenters. The molecular formula is C9H12N4O. The van der Waals surface area contributed by atoms with Crippen LogP contribution in [0.5, 0.6) is 0 Å². The van der Waals surface area contributed by atoms with E-state index in [0.717, 1.165) is 5.69 Å². The Hall–Kier alpha value is -1.65. The molecule has 2 aromatic heterocycles. The summed E-state index contributed by atoms with van der Waals surface area (Å²) < 4.78 is 3.11. The summed E-state index contributed by atoms with van der Waals surface area (Å²) in [5.41, 5.74) is 2.02. The van der Waals surface area contributed by atoms with E-state index in [1.165, 1.54) is 4.57 Å². The number of fused-ring (bicyclic) bond motifs is 1. The summed E-state index contributed by atoms with van der Waals surface area (Å²) in [5, 5.41) is 4.17. The fourth-order valence-electron chi connectivity index (χ4n) is 1.56. The average molecular weight is 192 g/mol. The minimum absolute atomic E-state index is 0.0457. The van der Waals surface area contributed by atoms with Crippen molar-refractivity contribution in [2.45, 2.75) is 13.8 Å². The van der Waals surface area contributed by atoms with Gasteiger partial charge in [0, 0.05) is 14.1 Å². The highest BCUT2D eigenvalue weighted by atomic mass is 16.1. The third-order valence-electron chi connectivity index (χ3n) is 2.46. The largest absolute Gasteiger partial charge is 0.298 e. The van der Waals surface area contributed by atoms with Crippen molar-refractivity contribution in [2.75, 3.05) is 0 Å². The van der Waals surface area contributed by atoms with Crippen LogP contribution in [0.25, 0.3) is 11.0 Å². The quantitative estimate of drug-likeness (QED) is 0.602. The van der Waals surface area contributed by atoms with E-state index in [1.54, 1.807) is 18.8 Å². The normalized spacial score (nSPS) is 11.1. The summed E-state index contributed by atoms with van der Waals surface area (Å²) in [6, 6.07) is 0. The molecule has 0 saturated heterocycles. The molecule has 0 aliphatic heterocycles. The van der Waals surface area contributed by atoms with Crippen LogP contribution in [-0.4, -0.2) is 19.3 Å². The topological polar surface area (TPSA) is 52.7 Å². The van der Waals surface area contributed by atoms with Crippen LogP contribution in [0.4, 0.5) is 0 Å². The number of nitrogens with zero attached hydrogens (tertiary/aromatic N) is 4. The zero-order chi connectivity index (χ0) is 10.5. The molecule has 0 unspecified atom stereocenters. The van der Waals surface area contributed by atoms with Gasteiger partial charge >= 0.3 is 0 Å². The van der Waals surface area contributed by atoms with Gasteiger partial charge in [0.1, 0.15) is 11.3 Å². The van der Waals surface area contributed by atoms with Crippen LogP contribution >= 0.6 is 0 Å². The van der Waals surface area contributed by atoms with Gasteiger partial charge in [-0.3, -0.25) is 14.0 Å². The minimum atomic E-state index is -0.0457. The lowest BCUT2D eigenvalue weighted by Gasteiger charge is -2.02. The fraction of sp³-hybridized carbons (Fsp3) is 0.444. The van der Waals surface area contributed by atoms with Gasteiger partial charge in [-0.15, -0.1) is 0 Å². The van der Waals surface area contributed by atoms with Crippen LogP contribution in [0.3, 0.4) is 0 Å². The lowest BCUT2D eigenvalue weighted by molar-refractivity contribution is 0.753. The van der Waals surface area contributed by atoms with E-state index in [1.807, 2.05) is 13.8 Å². The Morgan fingerprint density at radius 2 is 1.86 bits per heavy atom. The fourth-order valence-corrected chi connectivity index (χ4v) is 1.56. The Bertz CT molecular complexity index is 564. The first-order valence-electron chi connectivity index (χ1n) is 4.39. The van der Waals surface area contributed by atoms with E-state index in [4.69, 9.17) is 0 Å². The smallest absolute Gasteiger partial charge is 0.279 e. The maximum atomic E-state index is 11.8. The maximum absolute atomic E-state index is 11.8. The molecule has 2 heterocycles. The summed E-state index contributed by atoms with van der Waals surface area (Å²) >= 11 is 0. The standard InChI is InChI=1S/C9H12N4O/c1-5-7-8(13(4)11-5)9(14)12(3)6(2)10-7/h1-4H3. The highest BCUT2D eigenvalue weighted by Crippen LogP contribution is 2.10. The first-order valence-corrected chi connectivity index (χ1v) is 4.39. The van der Waals surface area contributed by atoms with E-state index >= 15 is 0 Å². The average Bonchev–Trinajstić information content (AvgIpc) is 2.38. The first-order chi connectivity index (χ1) is 6.52. The van der Waals surface area contributed by atoms with Gasteiger partial charge < -0.3 is 0 Å².